The Bertz CT molecular complexity index is 1080. The number of thioether (sulfide) groups is 1. The lowest BCUT2D eigenvalue weighted by molar-refractivity contribution is -0.0440. The van der Waals surface area contributed by atoms with Crippen molar-refractivity contribution in [1.29, 1.82) is 0 Å². The summed E-state index contributed by atoms with van der Waals surface area (Å²) in [7, 11) is -3.75. The molecule has 0 bridgehead atoms. The standard InChI is InChI=1S/C22H25FN2O4S2/c1-14-12-25(13-15(2)29-14)31(27,28)18-5-3-4-16(10-18)22(26)24-20-8-9-30-21-7-6-17(23)11-19(20)21/h3-7,10-11,14-15,20H,8-9,12-13H2,1-2H3,(H,24,26). The predicted molar refractivity (Wildman–Crippen MR) is 117 cm³/mol. The van der Waals surface area contributed by atoms with Gasteiger partial charge in [0.2, 0.25) is 10.0 Å². The van der Waals surface area contributed by atoms with E-state index in [1.807, 2.05) is 13.8 Å². The molecular formula is C22H25FN2O4S2. The van der Waals surface area contributed by atoms with Crippen LogP contribution in [0, 0.1) is 5.82 Å². The van der Waals surface area contributed by atoms with E-state index in [9.17, 15) is 17.6 Å². The highest BCUT2D eigenvalue weighted by molar-refractivity contribution is 7.99. The molecule has 0 aliphatic carbocycles. The molecular weight excluding hydrogens is 439 g/mol. The SMILES string of the molecule is CC1CN(S(=O)(=O)c2cccc(C(=O)NC3CCSc4ccc(F)cc43)c2)CC(C)O1. The van der Waals surface area contributed by atoms with E-state index in [-0.39, 0.29) is 53.5 Å². The molecule has 166 valence electrons. The smallest absolute Gasteiger partial charge is 0.251 e. The maximum absolute atomic E-state index is 13.7. The van der Waals surface area contributed by atoms with Crippen molar-refractivity contribution in [1.82, 2.24) is 9.62 Å². The van der Waals surface area contributed by atoms with Gasteiger partial charge in [-0.3, -0.25) is 4.79 Å². The van der Waals surface area contributed by atoms with Gasteiger partial charge in [0.15, 0.2) is 0 Å². The fourth-order valence-electron chi connectivity index (χ4n) is 4.03. The highest BCUT2D eigenvalue weighted by Gasteiger charge is 2.32. The van der Waals surface area contributed by atoms with E-state index in [1.54, 1.807) is 30.0 Å². The van der Waals surface area contributed by atoms with Crippen molar-refractivity contribution in [3.63, 3.8) is 0 Å². The largest absolute Gasteiger partial charge is 0.373 e. The second-order valence-corrected chi connectivity index (χ2v) is 11.0. The first kappa shape index (κ1) is 22.3. The molecule has 3 unspecified atom stereocenters. The Balaban J connectivity index is 1.55. The third-order valence-electron chi connectivity index (χ3n) is 5.44. The van der Waals surface area contributed by atoms with Crippen LogP contribution in [0.3, 0.4) is 0 Å². The Morgan fingerprint density at radius 1 is 1.16 bits per heavy atom. The van der Waals surface area contributed by atoms with E-state index in [0.717, 1.165) is 16.2 Å². The Morgan fingerprint density at radius 3 is 2.65 bits per heavy atom. The van der Waals surface area contributed by atoms with Crippen LogP contribution in [-0.2, 0) is 14.8 Å². The van der Waals surface area contributed by atoms with Crippen molar-refractivity contribution >= 4 is 27.7 Å². The molecule has 31 heavy (non-hydrogen) atoms. The average Bonchev–Trinajstić information content (AvgIpc) is 2.73. The van der Waals surface area contributed by atoms with E-state index in [0.29, 0.717) is 6.42 Å². The zero-order valence-electron chi connectivity index (χ0n) is 17.4. The minimum atomic E-state index is -3.75. The van der Waals surface area contributed by atoms with Gasteiger partial charge < -0.3 is 10.1 Å². The van der Waals surface area contributed by atoms with Crippen LogP contribution in [0.25, 0.3) is 0 Å². The second-order valence-electron chi connectivity index (χ2n) is 7.95. The summed E-state index contributed by atoms with van der Waals surface area (Å²) in [5.74, 6) is 0.0845. The summed E-state index contributed by atoms with van der Waals surface area (Å²) in [5, 5.41) is 2.94. The summed E-state index contributed by atoms with van der Waals surface area (Å²) >= 11 is 1.63. The third kappa shape index (κ3) is 4.79. The van der Waals surface area contributed by atoms with Crippen LogP contribution < -0.4 is 5.32 Å². The molecule has 4 rings (SSSR count). The summed E-state index contributed by atoms with van der Waals surface area (Å²) in [6.07, 6.45) is 0.276. The summed E-state index contributed by atoms with van der Waals surface area (Å²) in [6.45, 7) is 4.22. The fraction of sp³-hybridized carbons (Fsp3) is 0.409. The molecule has 0 saturated carbocycles. The minimum absolute atomic E-state index is 0.0760. The third-order valence-corrected chi connectivity index (χ3v) is 8.39. The summed E-state index contributed by atoms with van der Waals surface area (Å²) in [5.41, 5.74) is 1.01. The van der Waals surface area contributed by atoms with Crippen LogP contribution in [0.4, 0.5) is 4.39 Å². The highest BCUT2D eigenvalue weighted by Crippen LogP contribution is 2.36. The van der Waals surface area contributed by atoms with E-state index in [1.165, 1.54) is 28.6 Å². The molecule has 1 fully saturated rings. The molecule has 1 saturated heterocycles. The average molecular weight is 465 g/mol. The van der Waals surface area contributed by atoms with Crippen LogP contribution in [0.1, 0.15) is 42.2 Å². The van der Waals surface area contributed by atoms with Gasteiger partial charge in [0.1, 0.15) is 5.82 Å². The van der Waals surface area contributed by atoms with Gasteiger partial charge in [-0.15, -0.1) is 11.8 Å². The minimum Gasteiger partial charge on any atom is -0.373 e. The van der Waals surface area contributed by atoms with E-state index >= 15 is 0 Å². The van der Waals surface area contributed by atoms with Gasteiger partial charge in [-0.25, -0.2) is 12.8 Å². The lowest BCUT2D eigenvalue weighted by atomic mass is 10.0. The number of carbonyl (C=O) groups excluding carboxylic acids is 1. The van der Waals surface area contributed by atoms with Gasteiger partial charge in [-0.2, -0.15) is 4.31 Å². The predicted octanol–water partition coefficient (Wildman–Crippen LogP) is 3.59. The molecule has 1 N–H and O–H groups in total. The number of rotatable bonds is 4. The molecule has 2 aliphatic rings. The van der Waals surface area contributed by atoms with Crippen LogP contribution in [0.2, 0.25) is 0 Å². The molecule has 2 heterocycles. The number of nitrogens with one attached hydrogen (secondary N) is 1. The maximum Gasteiger partial charge on any atom is 0.251 e. The van der Waals surface area contributed by atoms with Gasteiger partial charge in [0, 0.05) is 29.3 Å². The molecule has 0 spiro atoms. The van der Waals surface area contributed by atoms with Gasteiger partial charge in [0.05, 0.1) is 23.1 Å². The summed E-state index contributed by atoms with van der Waals surface area (Å²) < 4.78 is 47.1. The van der Waals surface area contributed by atoms with E-state index < -0.39 is 10.0 Å². The number of amides is 1. The first-order chi connectivity index (χ1) is 14.7. The number of benzene rings is 2. The number of ether oxygens (including phenoxy) is 1. The number of hydrogen-bond donors (Lipinski definition) is 1. The van der Waals surface area contributed by atoms with Gasteiger partial charge in [-0.1, -0.05) is 6.07 Å². The number of sulfonamides is 1. The molecule has 0 radical (unpaired) electrons. The van der Waals surface area contributed by atoms with Crippen LogP contribution in [0.5, 0.6) is 0 Å². The second kappa shape index (κ2) is 8.90. The number of fused-ring (bicyclic) bond motifs is 1. The number of carbonyl (C=O) groups is 1. The number of hydrogen-bond acceptors (Lipinski definition) is 5. The molecule has 0 aromatic heterocycles. The Hall–Kier alpha value is -1.94. The zero-order valence-corrected chi connectivity index (χ0v) is 19.0. The Labute approximate surface area is 186 Å². The van der Waals surface area contributed by atoms with Crippen LogP contribution in [-0.4, -0.2) is 49.7 Å². The van der Waals surface area contributed by atoms with Crippen molar-refractivity contribution in [2.45, 2.75) is 48.3 Å². The van der Waals surface area contributed by atoms with Gasteiger partial charge in [-0.05, 0) is 62.2 Å². The number of nitrogens with zero attached hydrogens (tertiary/aromatic N) is 1. The van der Waals surface area contributed by atoms with E-state index in [2.05, 4.69) is 5.32 Å². The summed E-state index contributed by atoms with van der Waals surface area (Å²) in [6, 6.07) is 10.3. The monoisotopic (exact) mass is 464 g/mol. The lowest BCUT2D eigenvalue weighted by Crippen LogP contribution is -2.48. The van der Waals surface area contributed by atoms with Crippen molar-refractivity contribution in [3.8, 4) is 0 Å². The fourth-order valence-corrected chi connectivity index (χ4v) is 6.77. The molecule has 1 amide bonds. The maximum atomic E-state index is 13.7. The van der Waals surface area contributed by atoms with Crippen LogP contribution >= 0.6 is 11.8 Å². The zero-order chi connectivity index (χ0) is 22.2. The summed E-state index contributed by atoms with van der Waals surface area (Å²) in [4.78, 5) is 14.0. The molecule has 3 atom stereocenters. The first-order valence-electron chi connectivity index (χ1n) is 10.2. The Morgan fingerprint density at radius 2 is 1.90 bits per heavy atom. The normalized spacial score (nSPS) is 24.4. The molecule has 9 heteroatoms. The van der Waals surface area contributed by atoms with Crippen molar-refractivity contribution < 1.29 is 22.3 Å². The molecule has 2 aliphatic heterocycles. The van der Waals surface area contributed by atoms with Crippen molar-refractivity contribution in [2.75, 3.05) is 18.8 Å². The number of halogens is 1. The molecule has 2 aromatic rings. The first-order valence-corrected chi connectivity index (χ1v) is 12.7. The van der Waals surface area contributed by atoms with Gasteiger partial charge >= 0.3 is 0 Å². The van der Waals surface area contributed by atoms with Crippen molar-refractivity contribution in [3.05, 3.63) is 59.4 Å². The quantitative estimate of drug-likeness (QED) is 0.749. The van der Waals surface area contributed by atoms with E-state index in [4.69, 9.17) is 4.74 Å². The molecule has 2 aromatic carbocycles. The Kier molecular flexibility index (Phi) is 6.39. The topological polar surface area (TPSA) is 75.7 Å². The van der Waals surface area contributed by atoms with Crippen LogP contribution in [0.15, 0.2) is 52.3 Å². The van der Waals surface area contributed by atoms with Crippen molar-refractivity contribution in [2.24, 2.45) is 0 Å². The molecule has 6 nitrogen and oxygen atoms in total. The highest BCUT2D eigenvalue weighted by atomic mass is 32.2. The van der Waals surface area contributed by atoms with Gasteiger partial charge in [0.25, 0.3) is 5.91 Å². The number of morpholine rings is 1. The lowest BCUT2D eigenvalue weighted by Gasteiger charge is -2.34.